The average molecular weight is 352 g/mol. The molecule has 7 nitrogen and oxygen atoms in total. The average Bonchev–Trinajstić information content (AvgIpc) is 3.20. The van der Waals surface area contributed by atoms with Crippen LogP contribution in [0.25, 0.3) is 0 Å². The Morgan fingerprint density at radius 2 is 1.80 bits per heavy atom. The molecule has 0 aliphatic carbocycles. The van der Waals surface area contributed by atoms with Gasteiger partial charge < -0.3 is 24.6 Å². The van der Waals surface area contributed by atoms with Crippen molar-refractivity contribution in [2.24, 2.45) is 10.9 Å². The third-order valence-corrected chi connectivity index (χ3v) is 5.48. The van der Waals surface area contributed by atoms with Crippen LogP contribution in [0, 0.1) is 5.92 Å². The molecule has 7 heteroatoms. The number of piperazine rings is 1. The van der Waals surface area contributed by atoms with Crippen molar-refractivity contribution in [3.05, 3.63) is 0 Å². The molecule has 0 aromatic carbocycles. The maximum atomic E-state index is 12.4. The van der Waals surface area contributed by atoms with Crippen LogP contribution >= 0.6 is 0 Å². The molecule has 3 fully saturated rings. The van der Waals surface area contributed by atoms with E-state index in [-0.39, 0.29) is 12.0 Å². The number of ether oxygens (including phenoxy) is 2. The molecule has 0 spiro atoms. The standard InChI is InChI=1S/C18H32N4O3/c1-19-18(20-7-4-15-5-13-24-14-6-15)22-10-8-21(9-11-22)17(23)16-3-2-12-25-16/h15-16H,2-14H2,1H3,(H,19,20). The smallest absolute Gasteiger partial charge is 0.251 e. The van der Waals surface area contributed by atoms with Gasteiger partial charge in [0.1, 0.15) is 6.10 Å². The van der Waals surface area contributed by atoms with E-state index in [4.69, 9.17) is 9.47 Å². The Kier molecular flexibility index (Phi) is 6.93. The number of rotatable bonds is 4. The Hall–Kier alpha value is -1.34. The van der Waals surface area contributed by atoms with Gasteiger partial charge in [-0.3, -0.25) is 9.79 Å². The van der Waals surface area contributed by atoms with Crippen LogP contribution in [0.15, 0.2) is 4.99 Å². The van der Waals surface area contributed by atoms with Gasteiger partial charge >= 0.3 is 0 Å². The Bertz CT molecular complexity index is 451. The van der Waals surface area contributed by atoms with Crippen molar-refractivity contribution < 1.29 is 14.3 Å². The zero-order chi connectivity index (χ0) is 17.5. The normalized spacial score (nSPS) is 26.1. The molecule has 0 radical (unpaired) electrons. The summed E-state index contributed by atoms with van der Waals surface area (Å²) in [4.78, 5) is 21.0. The van der Waals surface area contributed by atoms with Crippen molar-refractivity contribution in [2.75, 3.05) is 59.6 Å². The third kappa shape index (κ3) is 5.07. The van der Waals surface area contributed by atoms with Crippen LogP contribution in [-0.4, -0.2) is 87.4 Å². The van der Waals surface area contributed by atoms with E-state index in [0.717, 1.165) is 77.3 Å². The lowest BCUT2D eigenvalue weighted by molar-refractivity contribution is -0.142. The van der Waals surface area contributed by atoms with Crippen molar-refractivity contribution in [3.8, 4) is 0 Å². The monoisotopic (exact) mass is 352 g/mol. The van der Waals surface area contributed by atoms with Crippen molar-refractivity contribution in [2.45, 2.75) is 38.2 Å². The molecule has 3 aliphatic heterocycles. The minimum atomic E-state index is -0.205. The molecule has 1 unspecified atom stereocenters. The van der Waals surface area contributed by atoms with Gasteiger partial charge in [0, 0.05) is 59.6 Å². The summed E-state index contributed by atoms with van der Waals surface area (Å²) < 4.78 is 10.9. The number of carbonyl (C=O) groups is 1. The molecule has 1 atom stereocenters. The van der Waals surface area contributed by atoms with Gasteiger partial charge in [-0.15, -0.1) is 0 Å². The number of aliphatic imine (C=N–C) groups is 1. The van der Waals surface area contributed by atoms with E-state index in [0.29, 0.717) is 0 Å². The first-order valence-corrected chi connectivity index (χ1v) is 9.71. The van der Waals surface area contributed by atoms with Crippen LogP contribution in [0.1, 0.15) is 32.1 Å². The summed E-state index contributed by atoms with van der Waals surface area (Å²) in [7, 11) is 1.83. The topological polar surface area (TPSA) is 66.4 Å². The molecule has 142 valence electrons. The van der Waals surface area contributed by atoms with Crippen molar-refractivity contribution in [1.29, 1.82) is 0 Å². The highest BCUT2D eigenvalue weighted by Gasteiger charge is 2.30. The van der Waals surface area contributed by atoms with Gasteiger partial charge in [-0.25, -0.2) is 0 Å². The van der Waals surface area contributed by atoms with Crippen LogP contribution in [0.2, 0.25) is 0 Å². The molecule has 0 bridgehead atoms. The van der Waals surface area contributed by atoms with Gasteiger partial charge in [0.25, 0.3) is 5.91 Å². The predicted octanol–water partition coefficient (Wildman–Crippen LogP) is 0.702. The van der Waals surface area contributed by atoms with E-state index < -0.39 is 0 Å². The van der Waals surface area contributed by atoms with E-state index in [2.05, 4.69) is 15.2 Å². The highest BCUT2D eigenvalue weighted by molar-refractivity contribution is 5.82. The second-order valence-electron chi connectivity index (χ2n) is 7.13. The molecule has 1 N–H and O–H groups in total. The third-order valence-electron chi connectivity index (χ3n) is 5.48. The Balaban J connectivity index is 1.38. The summed E-state index contributed by atoms with van der Waals surface area (Å²) in [5.41, 5.74) is 0. The molecule has 3 heterocycles. The van der Waals surface area contributed by atoms with Crippen LogP contribution < -0.4 is 5.32 Å². The highest BCUT2D eigenvalue weighted by Crippen LogP contribution is 2.18. The molecule has 1 amide bonds. The van der Waals surface area contributed by atoms with Gasteiger partial charge in [-0.05, 0) is 38.0 Å². The van der Waals surface area contributed by atoms with Crippen LogP contribution in [-0.2, 0) is 14.3 Å². The fourth-order valence-corrected chi connectivity index (χ4v) is 3.87. The summed E-state index contributed by atoms with van der Waals surface area (Å²) in [6.07, 6.45) is 5.17. The first-order chi connectivity index (χ1) is 12.3. The molecular formula is C18H32N4O3. The molecular weight excluding hydrogens is 320 g/mol. The second-order valence-corrected chi connectivity index (χ2v) is 7.13. The first-order valence-electron chi connectivity index (χ1n) is 9.71. The summed E-state index contributed by atoms with van der Waals surface area (Å²) in [6, 6.07) is 0. The zero-order valence-electron chi connectivity index (χ0n) is 15.4. The minimum absolute atomic E-state index is 0.166. The predicted molar refractivity (Wildman–Crippen MR) is 96.6 cm³/mol. The molecule has 25 heavy (non-hydrogen) atoms. The molecule has 3 rings (SSSR count). The molecule has 3 saturated heterocycles. The van der Waals surface area contributed by atoms with Crippen LogP contribution in [0.3, 0.4) is 0 Å². The molecule has 0 aromatic rings. The molecule has 3 aliphatic rings. The van der Waals surface area contributed by atoms with Crippen LogP contribution in [0.5, 0.6) is 0 Å². The fraction of sp³-hybridized carbons (Fsp3) is 0.889. The van der Waals surface area contributed by atoms with Gasteiger partial charge in [0.15, 0.2) is 5.96 Å². The van der Waals surface area contributed by atoms with E-state index in [9.17, 15) is 4.79 Å². The lowest BCUT2D eigenvalue weighted by Crippen LogP contribution is -2.55. The number of nitrogens with zero attached hydrogens (tertiary/aromatic N) is 3. The lowest BCUT2D eigenvalue weighted by Gasteiger charge is -2.37. The Morgan fingerprint density at radius 1 is 1.08 bits per heavy atom. The Labute approximate surface area is 150 Å². The number of guanidine groups is 1. The van der Waals surface area contributed by atoms with Gasteiger partial charge in [0.2, 0.25) is 0 Å². The summed E-state index contributed by atoms with van der Waals surface area (Å²) in [5.74, 6) is 1.89. The highest BCUT2D eigenvalue weighted by atomic mass is 16.5. The van der Waals surface area contributed by atoms with Crippen molar-refractivity contribution in [1.82, 2.24) is 15.1 Å². The van der Waals surface area contributed by atoms with Crippen molar-refractivity contribution in [3.63, 3.8) is 0 Å². The maximum absolute atomic E-state index is 12.4. The number of hydrogen-bond donors (Lipinski definition) is 1. The summed E-state index contributed by atoms with van der Waals surface area (Å²) >= 11 is 0. The molecule has 0 aromatic heterocycles. The number of nitrogens with one attached hydrogen (secondary N) is 1. The number of carbonyl (C=O) groups excluding carboxylic acids is 1. The van der Waals surface area contributed by atoms with Crippen LogP contribution in [0.4, 0.5) is 0 Å². The van der Waals surface area contributed by atoms with E-state index in [1.165, 1.54) is 19.3 Å². The quantitative estimate of drug-likeness (QED) is 0.596. The summed E-state index contributed by atoms with van der Waals surface area (Å²) in [5, 5.41) is 3.49. The van der Waals surface area contributed by atoms with Crippen molar-refractivity contribution >= 4 is 11.9 Å². The largest absolute Gasteiger partial charge is 0.381 e. The SMILES string of the molecule is CN=C(NCCC1CCOCC1)N1CCN(C(=O)C2CCCO2)CC1. The lowest BCUT2D eigenvalue weighted by atomic mass is 9.97. The minimum Gasteiger partial charge on any atom is -0.381 e. The zero-order valence-corrected chi connectivity index (χ0v) is 15.4. The van der Waals surface area contributed by atoms with Gasteiger partial charge in [0.05, 0.1) is 0 Å². The fourth-order valence-electron chi connectivity index (χ4n) is 3.87. The Morgan fingerprint density at radius 3 is 2.44 bits per heavy atom. The summed E-state index contributed by atoms with van der Waals surface area (Å²) in [6.45, 7) is 6.64. The van der Waals surface area contributed by atoms with Gasteiger partial charge in [-0.2, -0.15) is 0 Å². The number of hydrogen-bond acceptors (Lipinski definition) is 4. The van der Waals surface area contributed by atoms with Gasteiger partial charge in [-0.1, -0.05) is 0 Å². The van der Waals surface area contributed by atoms with E-state index >= 15 is 0 Å². The second kappa shape index (κ2) is 9.38. The molecule has 0 saturated carbocycles. The maximum Gasteiger partial charge on any atom is 0.251 e. The first kappa shape index (κ1) is 18.5. The van der Waals surface area contributed by atoms with E-state index in [1.807, 2.05) is 11.9 Å². The van der Waals surface area contributed by atoms with E-state index in [1.54, 1.807) is 0 Å². The number of amides is 1.